The summed E-state index contributed by atoms with van der Waals surface area (Å²) in [5.74, 6) is 1.96. The van der Waals surface area contributed by atoms with Crippen LogP contribution in [0.4, 0.5) is 14.9 Å². The van der Waals surface area contributed by atoms with Crippen LogP contribution in [-0.4, -0.2) is 17.5 Å². The molecule has 4 unspecified atom stereocenters. The molecule has 1 amide bonds. The molecule has 1 N–H and O–H groups in total. The molecule has 5 rings (SSSR count). The molecule has 6 atom stereocenters. The Kier molecular flexibility index (Phi) is 6.20. The maximum atomic E-state index is 14.8. The van der Waals surface area contributed by atoms with Crippen molar-refractivity contribution in [3.63, 3.8) is 0 Å². The van der Waals surface area contributed by atoms with Crippen molar-refractivity contribution in [3.05, 3.63) is 47.3 Å². The van der Waals surface area contributed by atoms with Gasteiger partial charge in [-0.15, -0.1) is 0 Å². The summed E-state index contributed by atoms with van der Waals surface area (Å²) in [5.41, 5.74) is 0.619. The molecule has 4 aliphatic rings. The Hall–Kier alpha value is -2.43. The van der Waals surface area contributed by atoms with E-state index in [1.165, 1.54) is 25.3 Å². The number of nitrogens with one attached hydrogen (secondary N) is 1. The summed E-state index contributed by atoms with van der Waals surface area (Å²) in [6, 6.07) is 4.68. The fourth-order valence-corrected chi connectivity index (χ4v) is 8.02. The lowest BCUT2D eigenvalue weighted by Gasteiger charge is -2.58. The quantitative estimate of drug-likeness (QED) is 0.336. The highest BCUT2D eigenvalue weighted by Crippen LogP contribution is 2.65. The molecular formula is C31H40FNO3. The van der Waals surface area contributed by atoms with E-state index in [2.05, 4.69) is 31.3 Å². The molecule has 4 aliphatic carbocycles. The van der Waals surface area contributed by atoms with Crippen molar-refractivity contribution in [2.24, 2.45) is 34.5 Å². The molecule has 0 aromatic heterocycles. The second-order valence-electron chi connectivity index (χ2n) is 13.1. The third-order valence-corrected chi connectivity index (χ3v) is 9.85. The van der Waals surface area contributed by atoms with Crippen LogP contribution in [0.5, 0.6) is 0 Å². The number of rotatable bonds is 2. The lowest BCUT2D eigenvalue weighted by Crippen LogP contribution is -2.52. The topological polar surface area (TPSA) is 55.4 Å². The molecule has 0 saturated heterocycles. The largest absolute Gasteiger partial charge is 0.444 e. The first kappa shape index (κ1) is 25.2. The number of anilines is 1. The van der Waals surface area contributed by atoms with E-state index >= 15 is 0 Å². The number of ether oxygens (including phenoxy) is 1. The summed E-state index contributed by atoms with van der Waals surface area (Å²) in [7, 11) is 0. The average molecular weight is 494 g/mol. The molecule has 0 bridgehead atoms. The van der Waals surface area contributed by atoms with Gasteiger partial charge in [-0.2, -0.15) is 0 Å². The Morgan fingerprint density at radius 1 is 1.14 bits per heavy atom. The van der Waals surface area contributed by atoms with Gasteiger partial charge in [0.05, 0.1) is 5.69 Å². The number of benzene rings is 1. The molecule has 3 saturated carbocycles. The normalized spacial score (nSPS) is 36.7. The van der Waals surface area contributed by atoms with Gasteiger partial charge in [-0.25, -0.2) is 9.18 Å². The lowest BCUT2D eigenvalue weighted by molar-refractivity contribution is -0.134. The van der Waals surface area contributed by atoms with Gasteiger partial charge in [-0.05, 0) is 113 Å². The molecule has 36 heavy (non-hydrogen) atoms. The van der Waals surface area contributed by atoms with Crippen LogP contribution in [0.2, 0.25) is 0 Å². The van der Waals surface area contributed by atoms with E-state index in [0.29, 0.717) is 28.7 Å². The van der Waals surface area contributed by atoms with Gasteiger partial charge < -0.3 is 4.74 Å². The molecule has 0 aliphatic heterocycles. The molecule has 3 fully saturated rings. The standard InChI is InChI=1S/C31H40FNO3/c1-29(2,3)36-28(35)33-26-19(9-8-11-25(26)32)17-20-18-24-22-13-12-21-10-6-7-15-30(21,4)23(22)14-16-31(24,5)27(20)34/h6-9,11,17,21-24H,10,12-16,18H2,1-5H3,(H,33,35)/b20-17+/t21?,22?,23?,24?,30-,31-/m0/s1. The smallest absolute Gasteiger partial charge is 0.412 e. The van der Waals surface area contributed by atoms with Crippen molar-refractivity contribution in [1.82, 2.24) is 0 Å². The van der Waals surface area contributed by atoms with E-state index in [9.17, 15) is 14.0 Å². The molecule has 0 radical (unpaired) electrons. The zero-order chi connectivity index (χ0) is 25.9. The fourth-order valence-electron chi connectivity index (χ4n) is 8.02. The van der Waals surface area contributed by atoms with Crippen LogP contribution in [0.15, 0.2) is 35.9 Å². The van der Waals surface area contributed by atoms with E-state index in [1.807, 2.05) is 6.08 Å². The van der Waals surface area contributed by atoms with Crippen molar-refractivity contribution >= 4 is 23.6 Å². The minimum Gasteiger partial charge on any atom is -0.444 e. The Morgan fingerprint density at radius 3 is 2.67 bits per heavy atom. The van der Waals surface area contributed by atoms with Gasteiger partial charge >= 0.3 is 6.09 Å². The van der Waals surface area contributed by atoms with Crippen molar-refractivity contribution < 1.29 is 18.7 Å². The van der Waals surface area contributed by atoms with E-state index in [4.69, 9.17) is 4.74 Å². The number of Topliss-reactive ketones (excluding diaryl/α,β-unsaturated/α-hetero) is 1. The fraction of sp³-hybridized carbons (Fsp3) is 0.613. The minimum absolute atomic E-state index is 0.0620. The number of carbonyl (C=O) groups excluding carboxylic acids is 2. The summed E-state index contributed by atoms with van der Waals surface area (Å²) < 4.78 is 20.2. The van der Waals surface area contributed by atoms with Crippen LogP contribution in [-0.2, 0) is 9.53 Å². The highest BCUT2D eigenvalue weighted by atomic mass is 19.1. The van der Waals surface area contributed by atoms with Gasteiger partial charge in [0.2, 0.25) is 0 Å². The first-order valence-corrected chi connectivity index (χ1v) is 13.6. The predicted octanol–water partition coefficient (Wildman–Crippen LogP) is 7.94. The first-order chi connectivity index (χ1) is 16.9. The van der Waals surface area contributed by atoms with Crippen LogP contribution in [0.3, 0.4) is 0 Å². The third kappa shape index (κ3) is 4.22. The highest BCUT2D eigenvalue weighted by Gasteiger charge is 2.60. The third-order valence-electron chi connectivity index (χ3n) is 9.85. The number of para-hydroxylation sites is 1. The number of fused-ring (bicyclic) bond motifs is 5. The van der Waals surface area contributed by atoms with Crippen molar-refractivity contribution in [2.45, 2.75) is 85.2 Å². The maximum absolute atomic E-state index is 14.8. The van der Waals surface area contributed by atoms with Gasteiger partial charge in [0.1, 0.15) is 11.4 Å². The van der Waals surface area contributed by atoms with Crippen molar-refractivity contribution in [3.8, 4) is 0 Å². The number of allylic oxidation sites excluding steroid dienone is 3. The molecule has 4 nitrogen and oxygen atoms in total. The Labute approximate surface area is 214 Å². The average Bonchev–Trinajstić information content (AvgIpc) is 3.05. The Bertz CT molecular complexity index is 1130. The minimum atomic E-state index is -0.708. The summed E-state index contributed by atoms with van der Waals surface area (Å²) >= 11 is 0. The molecule has 194 valence electrons. The zero-order valence-corrected chi connectivity index (χ0v) is 22.3. The monoisotopic (exact) mass is 493 g/mol. The number of halogens is 1. The van der Waals surface area contributed by atoms with Gasteiger partial charge in [0, 0.05) is 11.0 Å². The molecular weight excluding hydrogens is 453 g/mol. The Morgan fingerprint density at radius 2 is 1.92 bits per heavy atom. The zero-order valence-electron chi connectivity index (χ0n) is 22.3. The van der Waals surface area contributed by atoms with Gasteiger partial charge in [0.25, 0.3) is 0 Å². The summed E-state index contributed by atoms with van der Waals surface area (Å²) in [6.45, 7) is 9.96. The van der Waals surface area contributed by atoms with Crippen molar-refractivity contribution in [1.29, 1.82) is 0 Å². The molecule has 5 heteroatoms. The second kappa shape index (κ2) is 8.85. The number of amides is 1. The first-order valence-electron chi connectivity index (χ1n) is 13.6. The second-order valence-corrected chi connectivity index (χ2v) is 13.1. The van der Waals surface area contributed by atoms with Crippen LogP contribution in [0.25, 0.3) is 6.08 Å². The number of carbonyl (C=O) groups is 2. The molecule has 1 aromatic carbocycles. The van der Waals surface area contributed by atoms with Crippen molar-refractivity contribution in [2.75, 3.05) is 5.32 Å². The van der Waals surface area contributed by atoms with Gasteiger partial charge in [0.15, 0.2) is 5.78 Å². The van der Waals surface area contributed by atoms with E-state index in [0.717, 1.165) is 37.2 Å². The number of hydrogen-bond acceptors (Lipinski definition) is 3. The summed E-state index contributed by atoms with van der Waals surface area (Å²) in [4.78, 5) is 26.2. The maximum Gasteiger partial charge on any atom is 0.412 e. The van der Waals surface area contributed by atoms with Crippen LogP contribution in [0, 0.1) is 40.3 Å². The molecule has 1 aromatic rings. The lowest BCUT2D eigenvalue weighted by atomic mass is 9.46. The predicted molar refractivity (Wildman–Crippen MR) is 141 cm³/mol. The van der Waals surface area contributed by atoms with E-state index in [1.54, 1.807) is 32.9 Å². The SMILES string of the molecule is CC(C)(C)OC(=O)Nc1c(F)cccc1/C=C1\CC2C3CCC4CC=CC[C@]4(C)C3CC[C@]2(C)C1=O. The molecule has 0 heterocycles. The van der Waals surface area contributed by atoms with Crippen LogP contribution < -0.4 is 5.32 Å². The van der Waals surface area contributed by atoms with Gasteiger partial charge in [-0.1, -0.05) is 38.1 Å². The van der Waals surface area contributed by atoms with Crippen LogP contribution in [0.1, 0.15) is 85.1 Å². The van der Waals surface area contributed by atoms with Crippen LogP contribution >= 0.6 is 0 Å². The number of ketones is 1. The van der Waals surface area contributed by atoms with Gasteiger partial charge in [-0.3, -0.25) is 10.1 Å². The number of hydrogen-bond donors (Lipinski definition) is 1. The summed E-state index contributed by atoms with van der Waals surface area (Å²) in [6.07, 6.45) is 13.4. The highest BCUT2D eigenvalue weighted by molar-refractivity contribution is 6.06. The summed E-state index contributed by atoms with van der Waals surface area (Å²) in [5, 5.41) is 2.58. The van der Waals surface area contributed by atoms with E-state index < -0.39 is 17.5 Å². The Balaban J connectivity index is 1.44. The van der Waals surface area contributed by atoms with E-state index in [-0.39, 0.29) is 16.9 Å². The molecule has 0 spiro atoms.